The van der Waals surface area contributed by atoms with Crippen LogP contribution in [0.5, 0.6) is 0 Å². The lowest BCUT2D eigenvalue weighted by molar-refractivity contribution is -0.110. The number of ether oxygens (including phenoxy) is 1. The maximum absolute atomic E-state index is 12.9. The molecule has 0 aromatic heterocycles. The van der Waals surface area contributed by atoms with Crippen LogP contribution in [0.1, 0.15) is 22.3 Å². The Balaban J connectivity index is 1.59. The minimum absolute atomic E-state index is 0.0221. The van der Waals surface area contributed by atoms with Crippen LogP contribution >= 0.6 is 0 Å². The molecule has 1 amide bonds. The maximum Gasteiger partial charge on any atom is 0.254 e. The zero-order valence-corrected chi connectivity index (χ0v) is 13.7. The molecule has 1 spiro atoms. The van der Waals surface area contributed by atoms with Crippen molar-refractivity contribution in [3.63, 3.8) is 0 Å². The lowest BCUT2D eigenvalue weighted by Gasteiger charge is -2.44. The number of rotatable bonds is 2. The maximum atomic E-state index is 12.9. The summed E-state index contributed by atoms with van der Waals surface area (Å²) in [6.07, 6.45) is 0.157. The van der Waals surface area contributed by atoms with E-state index in [1.807, 2.05) is 36.4 Å². The molecular formula is C20H21NO3. The van der Waals surface area contributed by atoms with Crippen molar-refractivity contribution in [2.24, 2.45) is 0 Å². The average Bonchev–Trinajstić information content (AvgIpc) is 2.93. The predicted molar refractivity (Wildman–Crippen MR) is 91.8 cm³/mol. The molecule has 2 aliphatic rings. The SMILES string of the molecule is Cc1ccccc1-c1ccc(C(=O)N2CC(O)CC23COC3)cc1. The van der Waals surface area contributed by atoms with Crippen LogP contribution < -0.4 is 0 Å². The van der Waals surface area contributed by atoms with Crippen molar-refractivity contribution in [3.8, 4) is 11.1 Å². The summed E-state index contributed by atoms with van der Waals surface area (Å²) in [5.41, 5.74) is 3.85. The van der Waals surface area contributed by atoms with Gasteiger partial charge >= 0.3 is 0 Å². The third-order valence-corrected chi connectivity index (χ3v) is 5.16. The summed E-state index contributed by atoms with van der Waals surface area (Å²) >= 11 is 0. The van der Waals surface area contributed by atoms with Crippen molar-refractivity contribution in [1.29, 1.82) is 0 Å². The molecule has 2 saturated heterocycles. The van der Waals surface area contributed by atoms with Crippen molar-refractivity contribution in [1.82, 2.24) is 4.90 Å². The Hall–Kier alpha value is -2.17. The summed E-state index contributed by atoms with van der Waals surface area (Å²) in [4.78, 5) is 14.7. The van der Waals surface area contributed by atoms with Crippen LogP contribution in [0.3, 0.4) is 0 Å². The first-order valence-corrected chi connectivity index (χ1v) is 8.33. The normalized spacial score (nSPS) is 21.8. The van der Waals surface area contributed by atoms with Gasteiger partial charge in [-0.3, -0.25) is 4.79 Å². The predicted octanol–water partition coefficient (Wildman–Crippen LogP) is 2.64. The van der Waals surface area contributed by atoms with Gasteiger partial charge in [-0.25, -0.2) is 0 Å². The highest BCUT2D eigenvalue weighted by molar-refractivity contribution is 5.95. The molecule has 2 aromatic rings. The molecule has 24 heavy (non-hydrogen) atoms. The van der Waals surface area contributed by atoms with E-state index >= 15 is 0 Å². The zero-order chi connectivity index (χ0) is 16.7. The number of nitrogens with zero attached hydrogens (tertiary/aromatic N) is 1. The summed E-state index contributed by atoms with van der Waals surface area (Å²) in [5.74, 6) is -0.0221. The standard InChI is InChI=1S/C20H21NO3/c1-14-4-2-3-5-18(14)15-6-8-16(9-7-15)19(23)21-11-17(22)10-20(21)12-24-13-20/h2-9,17,22H,10-13H2,1H3. The molecule has 1 unspecified atom stereocenters. The minimum Gasteiger partial charge on any atom is -0.391 e. The highest BCUT2D eigenvalue weighted by Crippen LogP contribution is 2.37. The van der Waals surface area contributed by atoms with Gasteiger partial charge in [0.25, 0.3) is 5.91 Å². The summed E-state index contributed by atoms with van der Waals surface area (Å²) in [6, 6.07) is 16.0. The average molecular weight is 323 g/mol. The number of hydrogen-bond donors (Lipinski definition) is 1. The molecule has 0 aliphatic carbocycles. The second-order valence-electron chi connectivity index (χ2n) is 6.88. The Labute approximate surface area is 141 Å². The summed E-state index contributed by atoms with van der Waals surface area (Å²) in [7, 11) is 0. The van der Waals surface area contributed by atoms with E-state index in [1.54, 1.807) is 4.90 Å². The van der Waals surface area contributed by atoms with Crippen LogP contribution in [-0.2, 0) is 4.74 Å². The number of hydrogen-bond acceptors (Lipinski definition) is 3. The number of β-amino-alcohol motifs (C(OH)–C–C–N with tert-alkyl or cyclic N) is 1. The van der Waals surface area contributed by atoms with Crippen molar-refractivity contribution in [3.05, 3.63) is 59.7 Å². The molecule has 0 radical (unpaired) electrons. The Morgan fingerprint density at radius 1 is 1.17 bits per heavy atom. The van der Waals surface area contributed by atoms with Gasteiger partial charge in [0.1, 0.15) is 0 Å². The number of benzene rings is 2. The second-order valence-corrected chi connectivity index (χ2v) is 6.88. The molecule has 1 atom stereocenters. The number of amides is 1. The number of likely N-dealkylation sites (tertiary alicyclic amines) is 1. The van der Waals surface area contributed by atoms with Gasteiger partial charge in [-0.05, 0) is 35.7 Å². The van der Waals surface area contributed by atoms with Crippen LogP contribution in [0.2, 0.25) is 0 Å². The van der Waals surface area contributed by atoms with Gasteiger partial charge in [-0.2, -0.15) is 0 Å². The second kappa shape index (κ2) is 5.72. The fourth-order valence-corrected chi connectivity index (χ4v) is 3.77. The lowest BCUT2D eigenvalue weighted by Crippen LogP contribution is -2.60. The van der Waals surface area contributed by atoms with Gasteiger partial charge in [-0.15, -0.1) is 0 Å². The molecule has 1 N–H and O–H groups in total. The summed E-state index contributed by atoms with van der Waals surface area (Å²) < 4.78 is 5.31. The first kappa shape index (κ1) is 15.4. The molecule has 2 heterocycles. The van der Waals surface area contributed by atoms with E-state index in [2.05, 4.69) is 19.1 Å². The number of carbonyl (C=O) groups excluding carboxylic acids is 1. The molecule has 124 valence electrons. The molecule has 2 fully saturated rings. The van der Waals surface area contributed by atoms with E-state index in [0.717, 1.165) is 5.56 Å². The lowest BCUT2D eigenvalue weighted by atomic mass is 9.92. The van der Waals surface area contributed by atoms with Gasteiger partial charge in [-0.1, -0.05) is 36.4 Å². The largest absolute Gasteiger partial charge is 0.391 e. The molecule has 4 heteroatoms. The highest BCUT2D eigenvalue weighted by Gasteiger charge is 2.52. The van der Waals surface area contributed by atoms with Gasteiger partial charge in [0.05, 0.1) is 24.9 Å². The van der Waals surface area contributed by atoms with Crippen molar-refractivity contribution < 1.29 is 14.6 Å². The number of carbonyl (C=O) groups is 1. The summed E-state index contributed by atoms with van der Waals surface area (Å²) in [5, 5.41) is 9.97. The minimum atomic E-state index is -0.455. The molecule has 4 rings (SSSR count). The van der Waals surface area contributed by atoms with Gasteiger partial charge in [0, 0.05) is 18.5 Å². The first-order chi connectivity index (χ1) is 11.6. The Morgan fingerprint density at radius 2 is 1.88 bits per heavy atom. The topological polar surface area (TPSA) is 49.8 Å². The van der Waals surface area contributed by atoms with Gasteiger partial charge in [0.2, 0.25) is 0 Å². The van der Waals surface area contributed by atoms with Crippen molar-refractivity contribution in [2.45, 2.75) is 25.0 Å². The molecule has 0 bridgehead atoms. The number of aryl methyl sites for hydroxylation is 1. The third kappa shape index (κ3) is 2.43. The van der Waals surface area contributed by atoms with E-state index in [0.29, 0.717) is 31.7 Å². The number of aliphatic hydroxyl groups excluding tert-OH is 1. The van der Waals surface area contributed by atoms with E-state index in [4.69, 9.17) is 4.74 Å². The van der Waals surface area contributed by atoms with E-state index in [1.165, 1.54) is 11.1 Å². The first-order valence-electron chi connectivity index (χ1n) is 8.33. The Bertz CT molecular complexity index is 765. The molecule has 2 aromatic carbocycles. The summed E-state index contributed by atoms with van der Waals surface area (Å²) in [6.45, 7) is 3.52. The Morgan fingerprint density at radius 3 is 2.50 bits per heavy atom. The van der Waals surface area contributed by atoms with Crippen LogP contribution in [-0.4, -0.2) is 47.3 Å². The smallest absolute Gasteiger partial charge is 0.254 e. The third-order valence-electron chi connectivity index (χ3n) is 5.16. The fraction of sp³-hybridized carbons (Fsp3) is 0.350. The molecular weight excluding hydrogens is 302 g/mol. The zero-order valence-electron chi connectivity index (χ0n) is 13.7. The number of aliphatic hydroxyl groups is 1. The van der Waals surface area contributed by atoms with Gasteiger partial charge < -0.3 is 14.7 Å². The molecule has 2 aliphatic heterocycles. The highest BCUT2D eigenvalue weighted by atomic mass is 16.5. The molecule has 0 saturated carbocycles. The quantitative estimate of drug-likeness (QED) is 0.924. The van der Waals surface area contributed by atoms with E-state index in [9.17, 15) is 9.90 Å². The fourth-order valence-electron chi connectivity index (χ4n) is 3.77. The monoisotopic (exact) mass is 323 g/mol. The Kier molecular flexibility index (Phi) is 3.66. The van der Waals surface area contributed by atoms with Crippen LogP contribution in [0, 0.1) is 6.92 Å². The molecule has 4 nitrogen and oxygen atoms in total. The van der Waals surface area contributed by atoms with Crippen molar-refractivity contribution >= 4 is 5.91 Å². The van der Waals surface area contributed by atoms with Crippen LogP contribution in [0.25, 0.3) is 11.1 Å². The van der Waals surface area contributed by atoms with E-state index < -0.39 is 6.10 Å². The van der Waals surface area contributed by atoms with Crippen LogP contribution in [0.15, 0.2) is 48.5 Å². The van der Waals surface area contributed by atoms with Crippen LogP contribution in [0.4, 0.5) is 0 Å². The van der Waals surface area contributed by atoms with Gasteiger partial charge in [0.15, 0.2) is 0 Å². The van der Waals surface area contributed by atoms with Crippen molar-refractivity contribution in [2.75, 3.05) is 19.8 Å². The van der Waals surface area contributed by atoms with E-state index in [-0.39, 0.29) is 11.4 Å².